The van der Waals surface area contributed by atoms with Crippen LogP contribution in [0.3, 0.4) is 0 Å². The van der Waals surface area contributed by atoms with Gasteiger partial charge in [0.25, 0.3) is 0 Å². The number of methoxy groups -OCH3 is 1. The molecule has 0 unspecified atom stereocenters. The number of benzene rings is 3. The molecular formula is C24H18F3NO5. The predicted octanol–water partition coefficient (Wildman–Crippen LogP) is 4.96. The quantitative estimate of drug-likeness (QED) is 0.442. The maximum absolute atomic E-state index is 13.5. The fraction of sp³-hybridized carbons (Fsp3) is 0.167. The van der Waals surface area contributed by atoms with Gasteiger partial charge in [0.15, 0.2) is 5.58 Å². The maximum Gasteiger partial charge on any atom is 0.420 e. The fourth-order valence-electron chi connectivity index (χ4n) is 3.75. The second-order valence-corrected chi connectivity index (χ2v) is 7.40. The Morgan fingerprint density at radius 1 is 1.06 bits per heavy atom. The number of hydrogen-bond donors (Lipinski definition) is 1. The molecule has 0 atom stereocenters. The number of nitrogens with zero attached hydrogens (tertiary/aromatic N) is 1. The third kappa shape index (κ3) is 4.48. The first-order chi connectivity index (χ1) is 15.7. The van der Waals surface area contributed by atoms with Gasteiger partial charge >= 0.3 is 17.9 Å². The van der Waals surface area contributed by atoms with Crippen LogP contribution >= 0.6 is 0 Å². The number of oxazole rings is 1. The number of carboxylic acid groups (broad SMARTS) is 1. The summed E-state index contributed by atoms with van der Waals surface area (Å²) in [6.07, 6.45) is -4.86. The van der Waals surface area contributed by atoms with Gasteiger partial charge in [-0.3, -0.25) is 9.36 Å². The SMILES string of the molecule is COc1ccc(CC(=O)O)cc1-c1ccc(C(F)(F)F)cc1Cn1c(=O)oc2ccccc21. The van der Waals surface area contributed by atoms with E-state index in [2.05, 4.69) is 0 Å². The molecule has 33 heavy (non-hydrogen) atoms. The number of aliphatic carboxylic acids is 1. The summed E-state index contributed by atoms with van der Waals surface area (Å²) in [5.41, 5.74) is 1.33. The van der Waals surface area contributed by atoms with Gasteiger partial charge in [0.05, 0.1) is 31.2 Å². The maximum atomic E-state index is 13.5. The van der Waals surface area contributed by atoms with Crippen molar-refractivity contribution in [3.63, 3.8) is 0 Å². The lowest BCUT2D eigenvalue weighted by Crippen LogP contribution is -2.16. The summed E-state index contributed by atoms with van der Waals surface area (Å²) in [5.74, 6) is -1.39. The van der Waals surface area contributed by atoms with Gasteiger partial charge in [-0.25, -0.2) is 4.79 Å². The van der Waals surface area contributed by atoms with Crippen LogP contribution in [0.5, 0.6) is 5.75 Å². The molecule has 1 N–H and O–H groups in total. The van der Waals surface area contributed by atoms with Gasteiger partial charge in [0.2, 0.25) is 0 Å². The van der Waals surface area contributed by atoms with Gasteiger partial charge in [0, 0.05) is 5.56 Å². The van der Waals surface area contributed by atoms with E-state index < -0.39 is 23.5 Å². The summed E-state index contributed by atoms with van der Waals surface area (Å²) in [5, 5.41) is 9.13. The van der Waals surface area contributed by atoms with E-state index in [-0.39, 0.29) is 18.5 Å². The van der Waals surface area contributed by atoms with Crippen molar-refractivity contribution < 1.29 is 32.2 Å². The second-order valence-electron chi connectivity index (χ2n) is 7.40. The minimum atomic E-state index is -4.59. The molecule has 0 amide bonds. The molecule has 0 aliphatic rings. The fourth-order valence-corrected chi connectivity index (χ4v) is 3.75. The van der Waals surface area contributed by atoms with Crippen molar-refractivity contribution in [3.8, 4) is 16.9 Å². The van der Waals surface area contributed by atoms with Crippen molar-refractivity contribution >= 4 is 17.1 Å². The molecule has 0 saturated heterocycles. The Kier molecular flexibility index (Phi) is 5.71. The highest BCUT2D eigenvalue weighted by Gasteiger charge is 2.31. The number of hydrogen-bond acceptors (Lipinski definition) is 4. The molecule has 0 saturated carbocycles. The average Bonchev–Trinajstić information content (AvgIpc) is 3.08. The average molecular weight is 457 g/mol. The van der Waals surface area contributed by atoms with Crippen molar-refractivity contribution in [1.29, 1.82) is 0 Å². The molecule has 170 valence electrons. The smallest absolute Gasteiger partial charge is 0.420 e. The monoisotopic (exact) mass is 457 g/mol. The molecular weight excluding hydrogens is 439 g/mol. The highest BCUT2D eigenvalue weighted by Crippen LogP contribution is 2.38. The van der Waals surface area contributed by atoms with E-state index in [1.807, 2.05) is 0 Å². The zero-order valence-corrected chi connectivity index (χ0v) is 17.3. The van der Waals surface area contributed by atoms with E-state index >= 15 is 0 Å². The molecule has 0 spiro atoms. The van der Waals surface area contributed by atoms with E-state index in [9.17, 15) is 22.8 Å². The first kappa shape index (κ1) is 22.2. The highest BCUT2D eigenvalue weighted by atomic mass is 19.4. The minimum absolute atomic E-state index is 0.193. The molecule has 4 aromatic rings. The zero-order chi connectivity index (χ0) is 23.8. The Bertz CT molecular complexity index is 1400. The molecule has 0 aliphatic heterocycles. The third-order valence-electron chi connectivity index (χ3n) is 5.24. The Morgan fingerprint density at radius 3 is 2.52 bits per heavy atom. The van der Waals surface area contributed by atoms with Crippen LogP contribution in [-0.4, -0.2) is 22.8 Å². The van der Waals surface area contributed by atoms with E-state index in [1.54, 1.807) is 42.5 Å². The lowest BCUT2D eigenvalue weighted by molar-refractivity contribution is -0.138. The lowest BCUT2D eigenvalue weighted by atomic mass is 9.94. The number of carboxylic acids is 1. The van der Waals surface area contributed by atoms with Crippen molar-refractivity contribution in [2.45, 2.75) is 19.1 Å². The minimum Gasteiger partial charge on any atom is -0.496 e. The Balaban J connectivity index is 1.92. The standard InChI is InChI=1S/C24H18F3NO5/c1-32-20-9-6-14(11-22(29)30)10-18(20)17-8-7-16(24(25,26)27)12-15(17)13-28-19-4-2-3-5-21(19)33-23(28)31/h2-10,12H,11,13H2,1H3,(H,29,30). The number of para-hydroxylation sites is 2. The topological polar surface area (TPSA) is 81.7 Å². The molecule has 4 rings (SSSR count). The Labute approximate surface area is 185 Å². The summed E-state index contributed by atoms with van der Waals surface area (Å²) in [6, 6.07) is 14.5. The van der Waals surface area contributed by atoms with Gasteiger partial charge in [-0.1, -0.05) is 24.3 Å². The normalized spacial score (nSPS) is 11.6. The van der Waals surface area contributed by atoms with Gasteiger partial charge in [-0.05, 0) is 53.1 Å². The van der Waals surface area contributed by atoms with Crippen LogP contribution in [0, 0.1) is 0 Å². The molecule has 3 aromatic carbocycles. The molecule has 0 fully saturated rings. The molecule has 1 heterocycles. The molecule has 1 aromatic heterocycles. The van der Waals surface area contributed by atoms with Crippen molar-refractivity contribution in [2.75, 3.05) is 7.11 Å². The van der Waals surface area contributed by atoms with Crippen LogP contribution in [0.15, 0.2) is 69.9 Å². The van der Waals surface area contributed by atoms with Gasteiger partial charge < -0.3 is 14.3 Å². The second kappa shape index (κ2) is 8.50. The molecule has 0 radical (unpaired) electrons. The van der Waals surface area contributed by atoms with Gasteiger partial charge in [0.1, 0.15) is 5.75 Å². The number of halogens is 3. The number of carbonyl (C=O) groups is 1. The summed E-state index contributed by atoms with van der Waals surface area (Å²) >= 11 is 0. The molecule has 9 heteroatoms. The van der Waals surface area contributed by atoms with Crippen LogP contribution in [0.25, 0.3) is 22.2 Å². The highest BCUT2D eigenvalue weighted by molar-refractivity contribution is 5.78. The largest absolute Gasteiger partial charge is 0.496 e. The molecule has 6 nitrogen and oxygen atoms in total. The van der Waals surface area contributed by atoms with Crippen LogP contribution in [-0.2, 0) is 23.9 Å². The Hall–Kier alpha value is -4.01. The van der Waals surface area contributed by atoms with Gasteiger partial charge in [-0.15, -0.1) is 0 Å². The van der Waals surface area contributed by atoms with E-state index in [0.29, 0.717) is 33.5 Å². The van der Waals surface area contributed by atoms with Crippen molar-refractivity contribution in [2.24, 2.45) is 0 Å². The lowest BCUT2D eigenvalue weighted by Gasteiger charge is -2.17. The van der Waals surface area contributed by atoms with E-state index in [0.717, 1.165) is 12.1 Å². The summed E-state index contributed by atoms with van der Waals surface area (Å²) in [4.78, 5) is 23.6. The summed E-state index contributed by atoms with van der Waals surface area (Å²) in [6.45, 7) is -0.193. The van der Waals surface area contributed by atoms with Crippen LogP contribution in [0.4, 0.5) is 13.2 Å². The first-order valence-electron chi connectivity index (χ1n) is 9.85. The predicted molar refractivity (Wildman–Crippen MR) is 114 cm³/mol. The third-order valence-corrected chi connectivity index (χ3v) is 5.24. The first-order valence-corrected chi connectivity index (χ1v) is 9.85. The number of fused-ring (bicyclic) bond motifs is 1. The molecule has 0 bridgehead atoms. The van der Waals surface area contributed by atoms with Crippen LogP contribution in [0.2, 0.25) is 0 Å². The van der Waals surface area contributed by atoms with Crippen LogP contribution in [0.1, 0.15) is 16.7 Å². The van der Waals surface area contributed by atoms with Crippen LogP contribution < -0.4 is 10.5 Å². The molecule has 0 aliphatic carbocycles. The zero-order valence-electron chi connectivity index (χ0n) is 17.3. The van der Waals surface area contributed by atoms with Gasteiger partial charge in [-0.2, -0.15) is 13.2 Å². The number of rotatable bonds is 6. The van der Waals surface area contributed by atoms with E-state index in [1.165, 1.54) is 17.7 Å². The van der Waals surface area contributed by atoms with Crippen molar-refractivity contribution in [1.82, 2.24) is 4.57 Å². The Morgan fingerprint density at radius 2 is 1.82 bits per heavy atom. The summed E-state index contributed by atoms with van der Waals surface area (Å²) in [7, 11) is 1.41. The van der Waals surface area contributed by atoms with Crippen molar-refractivity contribution in [3.05, 3.63) is 87.9 Å². The number of alkyl halides is 3. The number of aromatic nitrogens is 1. The van der Waals surface area contributed by atoms with E-state index in [4.69, 9.17) is 14.3 Å². The number of ether oxygens (including phenoxy) is 1. The summed E-state index contributed by atoms with van der Waals surface area (Å²) < 4.78 is 52.3.